The first-order valence-electron chi connectivity index (χ1n) is 5.44. The van der Waals surface area contributed by atoms with Crippen LogP contribution in [0.5, 0.6) is 5.75 Å². The monoisotopic (exact) mass is 225 g/mol. The molecule has 0 bridgehead atoms. The lowest BCUT2D eigenvalue weighted by atomic mass is 10.2. The van der Waals surface area contributed by atoms with Crippen molar-refractivity contribution in [2.24, 2.45) is 5.73 Å². The van der Waals surface area contributed by atoms with Gasteiger partial charge in [0.2, 0.25) is 0 Å². The van der Waals surface area contributed by atoms with Gasteiger partial charge >= 0.3 is 0 Å². The zero-order chi connectivity index (χ0) is 11.8. The molecule has 0 aliphatic carbocycles. The molecule has 0 saturated heterocycles. The lowest BCUT2D eigenvalue weighted by Crippen LogP contribution is -2.24. The summed E-state index contributed by atoms with van der Waals surface area (Å²) in [5, 5.41) is 9.20. The maximum atomic E-state index is 9.20. The summed E-state index contributed by atoms with van der Waals surface area (Å²) in [6, 6.07) is 7.71. The van der Waals surface area contributed by atoms with E-state index < -0.39 is 6.10 Å². The van der Waals surface area contributed by atoms with Crippen molar-refractivity contribution < 1.29 is 14.6 Å². The molecule has 90 valence electrons. The molecule has 0 saturated carbocycles. The highest BCUT2D eigenvalue weighted by molar-refractivity contribution is 5.27. The van der Waals surface area contributed by atoms with Crippen molar-refractivity contribution in [2.75, 3.05) is 19.8 Å². The third kappa shape index (κ3) is 4.61. The third-order valence-corrected chi connectivity index (χ3v) is 2.06. The van der Waals surface area contributed by atoms with E-state index >= 15 is 0 Å². The predicted octanol–water partition coefficient (Wildman–Crippen LogP) is 0.921. The molecule has 1 atom stereocenters. The molecule has 0 fully saturated rings. The van der Waals surface area contributed by atoms with E-state index in [0.29, 0.717) is 13.2 Å². The van der Waals surface area contributed by atoms with Gasteiger partial charge in [-0.1, -0.05) is 12.1 Å². The van der Waals surface area contributed by atoms with Crippen molar-refractivity contribution >= 4 is 0 Å². The average Bonchev–Trinajstić information content (AvgIpc) is 2.30. The largest absolute Gasteiger partial charge is 0.494 e. The van der Waals surface area contributed by atoms with E-state index in [1.807, 2.05) is 31.2 Å². The standard InChI is InChI=1S/C12H19NO3/c1-2-16-12-5-3-4-10(6-12)8-15-9-11(14)7-13/h3-6,11,14H,2,7-9,13H2,1H3/t11-/m1/s1. The van der Waals surface area contributed by atoms with Gasteiger partial charge in [-0.05, 0) is 24.6 Å². The summed E-state index contributed by atoms with van der Waals surface area (Å²) in [5.41, 5.74) is 6.29. The molecule has 0 aliphatic heterocycles. The van der Waals surface area contributed by atoms with E-state index in [0.717, 1.165) is 11.3 Å². The Morgan fingerprint density at radius 2 is 2.25 bits per heavy atom. The highest BCUT2D eigenvalue weighted by Gasteiger charge is 2.01. The summed E-state index contributed by atoms with van der Waals surface area (Å²) in [7, 11) is 0. The van der Waals surface area contributed by atoms with Crippen molar-refractivity contribution in [2.45, 2.75) is 19.6 Å². The highest BCUT2D eigenvalue weighted by atomic mass is 16.5. The number of nitrogens with two attached hydrogens (primary N) is 1. The molecule has 4 heteroatoms. The first-order valence-corrected chi connectivity index (χ1v) is 5.44. The number of hydrogen-bond acceptors (Lipinski definition) is 4. The van der Waals surface area contributed by atoms with Crippen molar-refractivity contribution in [3.05, 3.63) is 29.8 Å². The number of benzene rings is 1. The normalized spacial score (nSPS) is 12.4. The van der Waals surface area contributed by atoms with E-state index in [1.165, 1.54) is 0 Å². The fourth-order valence-electron chi connectivity index (χ4n) is 1.27. The van der Waals surface area contributed by atoms with Gasteiger partial charge in [-0.15, -0.1) is 0 Å². The first-order chi connectivity index (χ1) is 7.76. The molecule has 16 heavy (non-hydrogen) atoms. The van der Waals surface area contributed by atoms with Gasteiger partial charge in [0.25, 0.3) is 0 Å². The fraction of sp³-hybridized carbons (Fsp3) is 0.500. The van der Waals surface area contributed by atoms with Crippen LogP contribution in [0.1, 0.15) is 12.5 Å². The molecule has 0 aliphatic rings. The minimum atomic E-state index is -0.588. The Balaban J connectivity index is 2.38. The number of aliphatic hydroxyl groups excluding tert-OH is 1. The van der Waals surface area contributed by atoms with Gasteiger partial charge in [0.1, 0.15) is 5.75 Å². The second kappa shape index (κ2) is 7.22. The van der Waals surface area contributed by atoms with Crippen LogP contribution in [0.25, 0.3) is 0 Å². The van der Waals surface area contributed by atoms with Crippen molar-refractivity contribution in [1.29, 1.82) is 0 Å². The second-order valence-electron chi connectivity index (χ2n) is 3.49. The molecule has 0 unspecified atom stereocenters. The smallest absolute Gasteiger partial charge is 0.119 e. The maximum Gasteiger partial charge on any atom is 0.119 e. The van der Waals surface area contributed by atoms with Crippen LogP contribution in [0.3, 0.4) is 0 Å². The van der Waals surface area contributed by atoms with E-state index in [4.69, 9.17) is 15.2 Å². The molecule has 0 radical (unpaired) electrons. The quantitative estimate of drug-likeness (QED) is 0.724. The third-order valence-electron chi connectivity index (χ3n) is 2.06. The summed E-state index contributed by atoms with van der Waals surface area (Å²) >= 11 is 0. The van der Waals surface area contributed by atoms with Gasteiger partial charge in [-0.2, -0.15) is 0 Å². The zero-order valence-electron chi connectivity index (χ0n) is 9.56. The predicted molar refractivity (Wildman–Crippen MR) is 62.3 cm³/mol. The Hall–Kier alpha value is -1.10. The molecular formula is C12H19NO3. The topological polar surface area (TPSA) is 64.7 Å². The van der Waals surface area contributed by atoms with Gasteiger partial charge in [-0.25, -0.2) is 0 Å². The number of ether oxygens (including phenoxy) is 2. The molecule has 1 aromatic rings. The Morgan fingerprint density at radius 1 is 1.44 bits per heavy atom. The van der Waals surface area contributed by atoms with Crippen molar-refractivity contribution in [3.63, 3.8) is 0 Å². The van der Waals surface area contributed by atoms with E-state index in [1.54, 1.807) is 0 Å². The van der Waals surface area contributed by atoms with Crippen LogP contribution >= 0.6 is 0 Å². The highest BCUT2D eigenvalue weighted by Crippen LogP contribution is 2.13. The molecular weight excluding hydrogens is 206 g/mol. The SMILES string of the molecule is CCOc1cccc(COC[C@H](O)CN)c1. The van der Waals surface area contributed by atoms with Crippen molar-refractivity contribution in [1.82, 2.24) is 0 Å². The van der Waals surface area contributed by atoms with E-state index in [2.05, 4.69) is 0 Å². The Bertz CT molecular complexity index is 304. The van der Waals surface area contributed by atoms with Gasteiger partial charge in [0.15, 0.2) is 0 Å². The maximum absolute atomic E-state index is 9.20. The minimum absolute atomic E-state index is 0.221. The van der Waals surface area contributed by atoms with E-state index in [9.17, 15) is 5.11 Å². The summed E-state index contributed by atoms with van der Waals surface area (Å²) in [5.74, 6) is 0.836. The van der Waals surface area contributed by atoms with Crippen LogP contribution in [-0.2, 0) is 11.3 Å². The summed E-state index contributed by atoms with van der Waals surface area (Å²) < 4.78 is 10.7. The first kappa shape index (κ1) is 13.0. The summed E-state index contributed by atoms with van der Waals surface area (Å²) in [4.78, 5) is 0. The molecule has 0 heterocycles. The second-order valence-corrected chi connectivity index (χ2v) is 3.49. The number of aliphatic hydroxyl groups is 1. The minimum Gasteiger partial charge on any atom is -0.494 e. The molecule has 1 aromatic carbocycles. The van der Waals surface area contributed by atoms with Gasteiger partial charge in [0, 0.05) is 6.54 Å². The molecule has 0 spiro atoms. The van der Waals surface area contributed by atoms with Crippen LogP contribution in [0.15, 0.2) is 24.3 Å². The molecule has 4 nitrogen and oxygen atoms in total. The molecule has 3 N–H and O–H groups in total. The molecule has 0 amide bonds. The Labute approximate surface area is 96.0 Å². The Morgan fingerprint density at radius 3 is 2.94 bits per heavy atom. The van der Waals surface area contributed by atoms with Gasteiger partial charge in [-0.3, -0.25) is 0 Å². The van der Waals surface area contributed by atoms with Crippen LogP contribution in [0.2, 0.25) is 0 Å². The zero-order valence-corrected chi connectivity index (χ0v) is 9.56. The van der Waals surface area contributed by atoms with Crippen LogP contribution in [-0.4, -0.2) is 31.0 Å². The van der Waals surface area contributed by atoms with Gasteiger partial charge in [0.05, 0.1) is 25.9 Å². The van der Waals surface area contributed by atoms with Gasteiger partial charge < -0.3 is 20.3 Å². The van der Waals surface area contributed by atoms with Crippen molar-refractivity contribution in [3.8, 4) is 5.75 Å². The lowest BCUT2D eigenvalue weighted by molar-refractivity contribution is 0.0328. The van der Waals surface area contributed by atoms with E-state index in [-0.39, 0.29) is 13.2 Å². The Kier molecular flexibility index (Phi) is 5.85. The summed E-state index contributed by atoms with van der Waals surface area (Å²) in [6.45, 7) is 3.53. The lowest BCUT2D eigenvalue weighted by Gasteiger charge is -2.09. The number of rotatable bonds is 7. The summed E-state index contributed by atoms with van der Waals surface area (Å²) in [6.07, 6.45) is -0.588. The molecule has 0 aromatic heterocycles. The molecule has 1 rings (SSSR count). The van der Waals surface area contributed by atoms with Crippen LogP contribution < -0.4 is 10.5 Å². The average molecular weight is 225 g/mol. The van der Waals surface area contributed by atoms with Crippen LogP contribution in [0.4, 0.5) is 0 Å². The number of hydrogen-bond donors (Lipinski definition) is 2. The van der Waals surface area contributed by atoms with Crippen LogP contribution in [0, 0.1) is 0 Å². The fourth-order valence-corrected chi connectivity index (χ4v) is 1.27.